The van der Waals surface area contributed by atoms with Crippen LogP contribution in [0.25, 0.3) is 0 Å². The van der Waals surface area contributed by atoms with Crippen LogP contribution in [0, 0.1) is 0 Å². The Hall–Kier alpha value is -0.860. The van der Waals surface area contributed by atoms with E-state index in [4.69, 9.17) is 9.73 Å². The van der Waals surface area contributed by atoms with Crippen molar-refractivity contribution in [2.24, 2.45) is 4.99 Å². The normalized spacial score (nSPS) is 12.6. The Kier molecular flexibility index (Phi) is 15.8. The minimum absolute atomic E-state index is 0. The summed E-state index contributed by atoms with van der Waals surface area (Å²) in [6.45, 7) is 8.81. The molecule has 0 heterocycles. The van der Waals surface area contributed by atoms with Gasteiger partial charge in [0, 0.05) is 32.8 Å². The Morgan fingerprint density at radius 2 is 1.96 bits per heavy atom. The number of benzene rings is 1. The number of aryl methyl sites for hydroxylation is 1. The van der Waals surface area contributed by atoms with Crippen LogP contribution in [0.3, 0.4) is 0 Å². The van der Waals surface area contributed by atoms with E-state index < -0.39 is 0 Å². The third kappa shape index (κ3) is 12.5. The van der Waals surface area contributed by atoms with E-state index in [1.807, 2.05) is 0 Å². The smallest absolute Gasteiger partial charge is 0.191 e. The van der Waals surface area contributed by atoms with Gasteiger partial charge in [-0.2, -0.15) is 0 Å². The third-order valence-corrected chi connectivity index (χ3v) is 4.08. The average Bonchev–Trinajstić information content (AvgIpc) is 2.62. The van der Waals surface area contributed by atoms with Crippen LogP contribution in [-0.4, -0.2) is 63.8 Å². The Labute approximate surface area is 177 Å². The molecule has 5 nitrogen and oxygen atoms in total. The summed E-state index contributed by atoms with van der Waals surface area (Å²) in [7, 11) is 3.86. The van der Waals surface area contributed by atoms with Crippen LogP contribution < -0.4 is 10.6 Å². The third-order valence-electron chi connectivity index (χ3n) is 4.08. The first-order chi connectivity index (χ1) is 12.2. The highest BCUT2D eigenvalue weighted by Gasteiger charge is 2.05. The zero-order valence-electron chi connectivity index (χ0n) is 16.8. The van der Waals surface area contributed by atoms with E-state index >= 15 is 0 Å². The molecule has 1 atom stereocenters. The highest BCUT2D eigenvalue weighted by atomic mass is 127. The Morgan fingerprint density at radius 1 is 1.23 bits per heavy atom. The second kappa shape index (κ2) is 16.3. The maximum atomic E-state index is 5.10. The predicted octanol–water partition coefficient (Wildman–Crippen LogP) is 3.15. The zero-order valence-corrected chi connectivity index (χ0v) is 19.2. The summed E-state index contributed by atoms with van der Waals surface area (Å²) in [4.78, 5) is 6.98. The lowest BCUT2D eigenvalue weighted by Crippen LogP contribution is -2.42. The molecule has 1 rings (SSSR count). The van der Waals surface area contributed by atoms with Gasteiger partial charge >= 0.3 is 0 Å². The molecule has 0 fully saturated rings. The van der Waals surface area contributed by atoms with E-state index in [-0.39, 0.29) is 24.0 Å². The molecule has 150 valence electrons. The Morgan fingerprint density at radius 3 is 2.62 bits per heavy atom. The SMILES string of the molecule is CCNC(=NCCCN(C)CCOC)NC(C)CCc1ccccc1.I. The van der Waals surface area contributed by atoms with Gasteiger partial charge < -0.3 is 20.3 Å². The number of nitrogens with zero attached hydrogens (tertiary/aromatic N) is 2. The number of hydrogen-bond donors (Lipinski definition) is 2. The molecule has 0 aromatic heterocycles. The van der Waals surface area contributed by atoms with Gasteiger partial charge in [0.15, 0.2) is 5.96 Å². The van der Waals surface area contributed by atoms with Crippen LogP contribution in [-0.2, 0) is 11.2 Å². The zero-order chi connectivity index (χ0) is 18.3. The molecule has 0 spiro atoms. The lowest BCUT2D eigenvalue weighted by Gasteiger charge is -2.18. The fourth-order valence-electron chi connectivity index (χ4n) is 2.54. The summed E-state index contributed by atoms with van der Waals surface area (Å²) in [5.41, 5.74) is 1.39. The van der Waals surface area contributed by atoms with Gasteiger partial charge in [0.25, 0.3) is 0 Å². The second-order valence-corrected chi connectivity index (χ2v) is 6.48. The lowest BCUT2D eigenvalue weighted by molar-refractivity contribution is 0.161. The van der Waals surface area contributed by atoms with Crippen molar-refractivity contribution < 1.29 is 4.74 Å². The van der Waals surface area contributed by atoms with Crippen LogP contribution in [0.5, 0.6) is 0 Å². The van der Waals surface area contributed by atoms with E-state index in [1.54, 1.807) is 7.11 Å². The van der Waals surface area contributed by atoms with Gasteiger partial charge in [0.2, 0.25) is 0 Å². The molecule has 0 aliphatic rings. The van der Waals surface area contributed by atoms with E-state index in [1.165, 1.54) is 5.56 Å². The molecule has 0 radical (unpaired) electrons. The van der Waals surface area contributed by atoms with Crippen LogP contribution in [0.1, 0.15) is 32.3 Å². The number of halogens is 1. The number of aliphatic imine (C=N–C) groups is 1. The summed E-state index contributed by atoms with van der Waals surface area (Å²) < 4.78 is 5.10. The molecule has 2 N–H and O–H groups in total. The quantitative estimate of drug-likeness (QED) is 0.211. The summed E-state index contributed by atoms with van der Waals surface area (Å²) >= 11 is 0. The van der Waals surface area contributed by atoms with Gasteiger partial charge in [-0.15, -0.1) is 24.0 Å². The summed E-state index contributed by atoms with van der Waals surface area (Å²) in [6, 6.07) is 11.0. The molecule has 0 saturated carbocycles. The molecule has 0 aliphatic heterocycles. The maximum Gasteiger partial charge on any atom is 0.191 e. The van der Waals surface area contributed by atoms with Crippen molar-refractivity contribution in [1.29, 1.82) is 0 Å². The lowest BCUT2D eigenvalue weighted by atomic mass is 10.1. The van der Waals surface area contributed by atoms with Crippen LogP contribution in [0.2, 0.25) is 0 Å². The fraction of sp³-hybridized carbons (Fsp3) is 0.650. The van der Waals surface area contributed by atoms with Crippen LogP contribution in [0.4, 0.5) is 0 Å². The number of ether oxygens (including phenoxy) is 1. The van der Waals surface area contributed by atoms with Crippen LogP contribution in [0.15, 0.2) is 35.3 Å². The van der Waals surface area contributed by atoms with Crippen molar-refractivity contribution in [3.63, 3.8) is 0 Å². The Bertz CT molecular complexity index is 470. The van der Waals surface area contributed by atoms with Gasteiger partial charge in [-0.05, 0) is 52.3 Å². The molecule has 1 aromatic rings. The number of hydrogen-bond acceptors (Lipinski definition) is 3. The van der Waals surface area contributed by atoms with Crippen molar-refractivity contribution in [2.45, 2.75) is 39.2 Å². The second-order valence-electron chi connectivity index (χ2n) is 6.48. The first-order valence-corrected chi connectivity index (χ1v) is 9.42. The highest BCUT2D eigenvalue weighted by molar-refractivity contribution is 14.0. The Balaban J connectivity index is 0.00000625. The van der Waals surface area contributed by atoms with Crippen molar-refractivity contribution >= 4 is 29.9 Å². The number of methoxy groups -OCH3 is 1. The summed E-state index contributed by atoms with van der Waals surface area (Å²) in [6.07, 6.45) is 3.22. The first-order valence-electron chi connectivity index (χ1n) is 9.42. The number of guanidine groups is 1. The number of nitrogens with one attached hydrogen (secondary N) is 2. The van der Waals surface area contributed by atoms with E-state index in [0.29, 0.717) is 6.04 Å². The van der Waals surface area contributed by atoms with Crippen molar-refractivity contribution in [1.82, 2.24) is 15.5 Å². The van der Waals surface area contributed by atoms with Gasteiger partial charge in [0.1, 0.15) is 0 Å². The molecule has 1 aromatic carbocycles. The van der Waals surface area contributed by atoms with E-state index in [0.717, 1.165) is 58.0 Å². The van der Waals surface area contributed by atoms with Crippen molar-refractivity contribution in [3.8, 4) is 0 Å². The molecule has 26 heavy (non-hydrogen) atoms. The van der Waals surface area contributed by atoms with Gasteiger partial charge in [-0.1, -0.05) is 30.3 Å². The molecule has 0 saturated heterocycles. The fourth-order valence-corrected chi connectivity index (χ4v) is 2.54. The van der Waals surface area contributed by atoms with Crippen molar-refractivity contribution in [3.05, 3.63) is 35.9 Å². The molecular formula is C20H37IN4O. The van der Waals surface area contributed by atoms with E-state index in [2.05, 4.69) is 66.8 Å². The molecule has 0 aliphatic carbocycles. The van der Waals surface area contributed by atoms with Gasteiger partial charge in [-0.3, -0.25) is 4.99 Å². The molecule has 0 amide bonds. The van der Waals surface area contributed by atoms with E-state index in [9.17, 15) is 0 Å². The summed E-state index contributed by atoms with van der Waals surface area (Å²) in [5, 5.41) is 6.86. The highest BCUT2D eigenvalue weighted by Crippen LogP contribution is 2.04. The average molecular weight is 476 g/mol. The maximum absolute atomic E-state index is 5.10. The number of likely N-dealkylation sites (N-methyl/N-ethyl adjacent to an activating group) is 1. The van der Waals surface area contributed by atoms with Gasteiger partial charge in [0.05, 0.1) is 6.61 Å². The van der Waals surface area contributed by atoms with Crippen LogP contribution >= 0.6 is 24.0 Å². The minimum Gasteiger partial charge on any atom is -0.383 e. The topological polar surface area (TPSA) is 48.9 Å². The largest absolute Gasteiger partial charge is 0.383 e. The molecule has 0 bridgehead atoms. The first kappa shape index (κ1) is 25.1. The minimum atomic E-state index is 0. The van der Waals surface area contributed by atoms with Crippen molar-refractivity contribution in [2.75, 3.05) is 46.9 Å². The molecule has 1 unspecified atom stereocenters. The standard InChI is InChI=1S/C20H36N4O.HI/c1-5-21-20(22-14-9-15-24(3)16-17-25-4)23-18(2)12-13-19-10-7-6-8-11-19;/h6-8,10-11,18H,5,9,12-17H2,1-4H3,(H2,21,22,23);1H. The predicted molar refractivity (Wildman–Crippen MR) is 123 cm³/mol. The molecule has 6 heteroatoms. The summed E-state index contributed by atoms with van der Waals surface area (Å²) in [5.74, 6) is 0.919. The number of rotatable bonds is 12. The monoisotopic (exact) mass is 476 g/mol. The molecular weight excluding hydrogens is 439 g/mol. The van der Waals surface area contributed by atoms with Gasteiger partial charge in [-0.25, -0.2) is 0 Å².